The number of amides is 2. The van der Waals surface area contributed by atoms with Crippen LogP contribution in [0.2, 0.25) is 15.1 Å². The molecule has 7 nitrogen and oxygen atoms in total. The predicted octanol–water partition coefficient (Wildman–Crippen LogP) is 6.98. The maximum Gasteiger partial charge on any atom is 0.417 e. The second-order valence-corrected chi connectivity index (χ2v) is 11.0. The third-order valence-electron chi connectivity index (χ3n) is 4.92. The Morgan fingerprint density at radius 3 is 2.26 bits per heavy atom. The molecule has 0 radical (unpaired) electrons. The molecule has 0 saturated carbocycles. The lowest BCUT2D eigenvalue weighted by molar-refractivity contribution is 0.0903. The molecule has 0 unspecified atom stereocenters. The smallest absolute Gasteiger partial charge is 0.395 e. The number of hydrogen-bond donors (Lipinski definition) is 1. The number of carbonyl (C=O) groups is 2. The van der Waals surface area contributed by atoms with Gasteiger partial charge in [0.05, 0.1) is 27.8 Å². The van der Waals surface area contributed by atoms with E-state index in [0.717, 1.165) is 0 Å². The summed E-state index contributed by atoms with van der Waals surface area (Å²) in [6.07, 6.45) is -0.656. The topological polar surface area (TPSA) is 83.0 Å². The van der Waals surface area contributed by atoms with Crippen molar-refractivity contribution in [2.75, 3.05) is 18.1 Å². The minimum absolute atomic E-state index is 0.0659. The normalized spacial score (nSPS) is 11.3. The number of thiazole rings is 1. The van der Waals surface area contributed by atoms with E-state index < -0.39 is 17.5 Å². The van der Waals surface area contributed by atoms with Gasteiger partial charge < -0.3 is 14.7 Å². The first-order valence-electron chi connectivity index (χ1n) is 10.5. The van der Waals surface area contributed by atoms with E-state index in [0.29, 0.717) is 20.6 Å². The Labute approximate surface area is 222 Å². The standard InChI is InChI=1S/C24H24Cl3N3O4S/c1-14-20(34-23(33)29(11-12-31)24(2,3)4)28-22(35-14)30(17-8-5-15(25)6-9-17)21(32)18-10-7-16(26)13-19(18)27/h5-10,13,31H,11-12H2,1-4H3. The molecule has 0 spiro atoms. The van der Waals surface area contributed by atoms with Crippen molar-refractivity contribution in [2.45, 2.75) is 33.2 Å². The Balaban J connectivity index is 2.02. The fourth-order valence-corrected chi connectivity index (χ4v) is 4.66. The van der Waals surface area contributed by atoms with E-state index in [1.165, 1.54) is 33.3 Å². The van der Waals surface area contributed by atoms with Crippen molar-refractivity contribution in [2.24, 2.45) is 0 Å². The van der Waals surface area contributed by atoms with Crippen LogP contribution in [0.4, 0.5) is 15.6 Å². The SMILES string of the molecule is Cc1sc(N(C(=O)c2ccc(Cl)cc2Cl)c2ccc(Cl)cc2)nc1OC(=O)N(CCO)C(C)(C)C. The van der Waals surface area contributed by atoms with Crippen molar-refractivity contribution in [3.63, 3.8) is 0 Å². The molecule has 3 aromatic rings. The first kappa shape index (κ1) is 27.2. The van der Waals surface area contributed by atoms with E-state index in [2.05, 4.69) is 4.98 Å². The van der Waals surface area contributed by atoms with Gasteiger partial charge in [0.1, 0.15) is 0 Å². The van der Waals surface area contributed by atoms with Crippen molar-refractivity contribution in [3.05, 3.63) is 68.0 Å². The molecule has 0 aliphatic heterocycles. The molecule has 3 rings (SSSR count). The Bertz CT molecular complexity index is 1230. The number of aryl methyl sites for hydroxylation is 1. The quantitative estimate of drug-likeness (QED) is 0.354. The molecule has 11 heteroatoms. The summed E-state index contributed by atoms with van der Waals surface area (Å²) in [4.78, 5) is 34.3. The molecule has 35 heavy (non-hydrogen) atoms. The van der Waals surface area contributed by atoms with Crippen LogP contribution in [0.3, 0.4) is 0 Å². The number of β-amino-alcohol motifs (C(OH)–C–C–N with tert-alkyl or cyclic N) is 1. The molecule has 186 valence electrons. The average Bonchev–Trinajstić information content (AvgIpc) is 3.12. The van der Waals surface area contributed by atoms with Gasteiger partial charge >= 0.3 is 6.09 Å². The average molecular weight is 557 g/mol. The summed E-state index contributed by atoms with van der Waals surface area (Å²) in [6.45, 7) is 7.12. The number of benzene rings is 2. The Kier molecular flexibility index (Phi) is 8.67. The van der Waals surface area contributed by atoms with Gasteiger partial charge in [-0.3, -0.25) is 9.69 Å². The highest BCUT2D eigenvalue weighted by Gasteiger charge is 2.30. The van der Waals surface area contributed by atoms with E-state index in [1.807, 2.05) is 20.8 Å². The maximum atomic E-state index is 13.6. The Morgan fingerprint density at radius 1 is 1.06 bits per heavy atom. The minimum atomic E-state index is -0.656. The van der Waals surface area contributed by atoms with Crippen LogP contribution in [-0.2, 0) is 0 Å². The zero-order valence-electron chi connectivity index (χ0n) is 19.5. The molecular formula is C24H24Cl3N3O4S. The van der Waals surface area contributed by atoms with E-state index >= 15 is 0 Å². The van der Waals surface area contributed by atoms with Crippen LogP contribution in [0, 0.1) is 6.92 Å². The summed E-state index contributed by atoms with van der Waals surface area (Å²) < 4.78 is 5.57. The zero-order chi connectivity index (χ0) is 25.9. The molecule has 0 fully saturated rings. The van der Waals surface area contributed by atoms with Gasteiger partial charge in [-0.15, -0.1) is 0 Å². The summed E-state index contributed by atoms with van der Waals surface area (Å²) in [5.74, 6) is -0.381. The van der Waals surface area contributed by atoms with E-state index in [-0.39, 0.29) is 34.7 Å². The van der Waals surface area contributed by atoms with Gasteiger partial charge in [0.2, 0.25) is 11.0 Å². The molecule has 1 N–H and O–H groups in total. The molecule has 0 bridgehead atoms. The Hall–Kier alpha value is -2.36. The van der Waals surface area contributed by atoms with Crippen LogP contribution in [0.25, 0.3) is 0 Å². The lowest BCUT2D eigenvalue weighted by atomic mass is 10.1. The summed E-state index contributed by atoms with van der Waals surface area (Å²) >= 11 is 19.5. The van der Waals surface area contributed by atoms with Crippen molar-refractivity contribution >= 4 is 69.0 Å². The number of halogens is 3. The summed E-state index contributed by atoms with van der Waals surface area (Å²) in [5.41, 5.74) is 0.136. The molecule has 1 heterocycles. The lowest BCUT2D eigenvalue weighted by Crippen LogP contribution is -2.48. The van der Waals surface area contributed by atoms with Crippen LogP contribution in [-0.4, -0.2) is 45.7 Å². The fourth-order valence-electron chi connectivity index (χ4n) is 3.19. The van der Waals surface area contributed by atoms with E-state index in [1.54, 1.807) is 37.3 Å². The second-order valence-electron chi connectivity index (χ2n) is 8.51. The van der Waals surface area contributed by atoms with Crippen LogP contribution in [0.5, 0.6) is 5.88 Å². The number of anilines is 2. The summed E-state index contributed by atoms with van der Waals surface area (Å²) in [5, 5.41) is 10.7. The number of nitrogens with zero attached hydrogens (tertiary/aromatic N) is 3. The number of aliphatic hydroxyl groups is 1. The molecule has 0 aliphatic rings. The molecule has 0 atom stereocenters. The number of hydrogen-bond acceptors (Lipinski definition) is 6. The first-order valence-corrected chi connectivity index (χ1v) is 12.5. The van der Waals surface area contributed by atoms with Gasteiger partial charge in [0, 0.05) is 22.1 Å². The maximum absolute atomic E-state index is 13.6. The van der Waals surface area contributed by atoms with E-state index in [9.17, 15) is 14.7 Å². The van der Waals surface area contributed by atoms with Gasteiger partial charge in [-0.05, 0) is 70.2 Å². The van der Waals surface area contributed by atoms with Crippen molar-refractivity contribution in [1.82, 2.24) is 9.88 Å². The second kappa shape index (κ2) is 11.1. The van der Waals surface area contributed by atoms with Gasteiger partial charge in [-0.25, -0.2) is 4.79 Å². The number of ether oxygens (including phenoxy) is 1. The predicted molar refractivity (Wildman–Crippen MR) is 141 cm³/mol. The Morgan fingerprint density at radius 2 is 1.69 bits per heavy atom. The van der Waals surface area contributed by atoms with Gasteiger partial charge in [0.15, 0.2) is 0 Å². The summed E-state index contributed by atoms with van der Waals surface area (Å²) in [7, 11) is 0. The molecule has 2 aromatic carbocycles. The number of aliphatic hydroxyl groups excluding tert-OH is 1. The van der Waals surface area contributed by atoms with Gasteiger partial charge in [0.25, 0.3) is 5.91 Å². The highest BCUT2D eigenvalue weighted by Crippen LogP contribution is 2.37. The van der Waals surface area contributed by atoms with Crippen LogP contribution < -0.4 is 9.64 Å². The zero-order valence-corrected chi connectivity index (χ0v) is 22.6. The van der Waals surface area contributed by atoms with Gasteiger partial charge in [-0.2, -0.15) is 4.98 Å². The fraction of sp³-hybridized carbons (Fsp3) is 0.292. The molecular weight excluding hydrogens is 533 g/mol. The monoisotopic (exact) mass is 555 g/mol. The highest BCUT2D eigenvalue weighted by atomic mass is 35.5. The first-order chi connectivity index (χ1) is 16.4. The van der Waals surface area contributed by atoms with E-state index in [4.69, 9.17) is 39.5 Å². The van der Waals surface area contributed by atoms with Crippen molar-refractivity contribution in [1.29, 1.82) is 0 Å². The van der Waals surface area contributed by atoms with Crippen molar-refractivity contribution in [3.8, 4) is 5.88 Å². The molecule has 0 saturated heterocycles. The number of aromatic nitrogens is 1. The molecule has 0 aliphatic carbocycles. The molecule has 2 amide bonds. The third kappa shape index (κ3) is 6.45. The summed E-state index contributed by atoms with van der Waals surface area (Å²) in [6, 6.07) is 11.2. The largest absolute Gasteiger partial charge is 0.417 e. The third-order valence-corrected chi connectivity index (χ3v) is 6.66. The van der Waals surface area contributed by atoms with Gasteiger partial charge in [-0.1, -0.05) is 46.1 Å². The highest BCUT2D eigenvalue weighted by molar-refractivity contribution is 7.16. The minimum Gasteiger partial charge on any atom is -0.395 e. The number of rotatable bonds is 6. The van der Waals surface area contributed by atoms with Crippen LogP contribution >= 0.6 is 46.1 Å². The lowest BCUT2D eigenvalue weighted by Gasteiger charge is -2.33. The van der Waals surface area contributed by atoms with Crippen LogP contribution in [0.1, 0.15) is 36.0 Å². The number of carbonyl (C=O) groups excluding carboxylic acids is 2. The molecule has 1 aromatic heterocycles. The van der Waals surface area contributed by atoms with Crippen molar-refractivity contribution < 1.29 is 19.4 Å². The van der Waals surface area contributed by atoms with Crippen LogP contribution in [0.15, 0.2) is 42.5 Å².